The highest BCUT2D eigenvalue weighted by molar-refractivity contribution is 5.74. The highest BCUT2D eigenvalue weighted by atomic mass is 19.4. The topological polar surface area (TPSA) is 30.2 Å². The smallest absolute Gasteiger partial charge is 0.303 e. The van der Waals surface area contributed by atoms with Crippen molar-refractivity contribution in [3.8, 4) is 11.3 Å². The zero-order valence-electron chi connectivity index (χ0n) is 11.2. The number of nitrogens with zero attached hydrogens (tertiary/aromatic N) is 3. The van der Waals surface area contributed by atoms with Crippen molar-refractivity contribution in [1.82, 2.24) is 14.4 Å². The van der Waals surface area contributed by atoms with Crippen LogP contribution in [0.15, 0.2) is 42.9 Å². The Balaban J connectivity index is 2.11. The first-order valence-corrected chi connectivity index (χ1v) is 6.25. The minimum Gasteiger partial charge on any atom is -0.303 e. The van der Waals surface area contributed by atoms with E-state index in [9.17, 15) is 26.3 Å². The second-order valence-corrected chi connectivity index (χ2v) is 4.71. The summed E-state index contributed by atoms with van der Waals surface area (Å²) in [5, 5.41) is 0. The van der Waals surface area contributed by atoms with Crippen LogP contribution < -0.4 is 0 Å². The van der Waals surface area contributed by atoms with Crippen LogP contribution in [-0.2, 0) is 12.4 Å². The van der Waals surface area contributed by atoms with E-state index < -0.39 is 23.6 Å². The third-order valence-electron chi connectivity index (χ3n) is 3.15. The average Bonchev–Trinajstić information content (AvgIpc) is 2.90. The molecule has 0 aliphatic rings. The Labute approximate surface area is 125 Å². The SMILES string of the molecule is FC(F)(F)c1ccc(-c2nccn3cc(C(F)(F)F)nc23)cc1. The highest BCUT2D eigenvalue weighted by Gasteiger charge is 2.34. The van der Waals surface area contributed by atoms with Crippen LogP contribution in [0.25, 0.3) is 16.9 Å². The van der Waals surface area contributed by atoms with Gasteiger partial charge in [-0.3, -0.25) is 4.98 Å². The summed E-state index contributed by atoms with van der Waals surface area (Å²) in [4.78, 5) is 7.42. The maximum Gasteiger partial charge on any atom is 0.434 e. The van der Waals surface area contributed by atoms with E-state index in [1.165, 1.54) is 12.4 Å². The largest absolute Gasteiger partial charge is 0.434 e. The molecule has 0 unspecified atom stereocenters. The molecule has 0 N–H and O–H groups in total. The molecule has 9 heteroatoms. The Morgan fingerprint density at radius 1 is 0.870 bits per heavy atom. The minimum absolute atomic E-state index is 0.0664. The van der Waals surface area contributed by atoms with E-state index in [1.54, 1.807) is 0 Å². The van der Waals surface area contributed by atoms with Crippen molar-refractivity contribution < 1.29 is 26.3 Å². The molecule has 0 fully saturated rings. The molecule has 120 valence electrons. The number of fused-ring (bicyclic) bond motifs is 1. The fourth-order valence-corrected chi connectivity index (χ4v) is 2.08. The van der Waals surface area contributed by atoms with Gasteiger partial charge in [-0.15, -0.1) is 0 Å². The maximum atomic E-state index is 12.7. The average molecular weight is 331 g/mol. The number of benzene rings is 1. The van der Waals surface area contributed by atoms with E-state index in [4.69, 9.17) is 0 Å². The van der Waals surface area contributed by atoms with Crippen LogP contribution in [0.5, 0.6) is 0 Å². The Kier molecular flexibility index (Phi) is 3.31. The van der Waals surface area contributed by atoms with E-state index in [-0.39, 0.29) is 16.9 Å². The highest BCUT2D eigenvalue weighted by Crippen LogP contribution is 2.33. The monoisotopic (exact) mass is 331 g/mol. The summed E-state index contributed by atoms with van der Waals surface area (Å²) >= 11 is 0. The first-order chi connectivity index (χ1) is 10.7. The maximum absolute atomic E-state index is 12.7. The molecule has 2 aromatic heterocycles. The van der Waals surface area contributed by atoms with Gasteiger partial charge in [-0.25, -0.2) is 4.98 Å². The van der Waals surface area contributed by atoms with Gasteiger partial charge >= 0.3 is 12.4 Å². The Morgan fingerprint density at radius 3 is 2.09 bits per heavy atom. The molecule has 1 aromatic carbocycles. The van der Waals surface area contributed by atoms with Crippen LogP contribution >= 0.6 is 0 Å². The van der Waals surface area contributed by atoms with Gasteiger partial charge in [0.2, 0.25) is 0 Å². The van der Waals surface area contributed by atoms with E-state index in [0.717, 1.165) is 34.9 Å². The molecule has 3 nitrogen and oxygen atoms in total. The number of halogens is 6. The number of rotatable bonds is 1. The van der Waals surface area contributed by atoms with Gasteiger partial charge in [0.25, 0.3) is 0 Å². The molecule has 0 spiro atoms. The fraction of sp³-hybridized carbons (Fsp3) is 0.143. The van der Waals surface area contributed by atoms with Crippen molar-refractivity contribution in [2.24, 2.45) is 0 Å². The van der Waals surface area contributed by atoms with Gasteiger partial charge in [0, 0.05) is 24.2 Å². The molecule has 0 amide bonds. The van der Waals surface area contributed by atoms with E-state index in [2.05, 4.69) is 9.97 Å². The summed E-state index contributed by atoms with van der Waals surface area (Å²) < 4.78 is 77.0. The van der Waals surface area contributed by atoms with Gasteiger partial charge in [-0.2, -0.15) is 26.3 Å². The lowest BCUT2D eigenvalue weighted by atomic mass is 10.1. The molecule has 23 heavy (non-hydrogen) atoms. The molecule has 3 rings (SSSR count). The Bertz CT molecular complexity index is 846. The number of alkyl halides is 6. The quantitative estimate of drug-likeness (QED) is 0.617. The summed E-state index contributed by atoms with van der Waals surface area (Å²) in [6.07, 6.45) is -5.78. The number of imidazole rings is 1. The summed E-state index contributed by atoms with van der Waals surface area (Å²) in [5.41, 5.74) is -1.73. The molecule has 0 saturated carbocycles. The molecular weight excluding hydrogens is 324 g/mol. The molecule has 0 radical (unpaired) electrons. The standard InChI is InChI=1S/C14H7F6N3/c15-13(16,17)9-3-1-8(2-4-9)11-12-22-10(14(18,19)20)7-23(12)6-5-21-11/h1-7H. The molecule has 0 bridgehead atoms. The number of aromatic nitrogens is 3. The third kappa shape index (κ3) is 2.86. The van der Waals surface area contributed by atoms with Crippen LogP contribution in [-0.4, -0.2) is 14.4 Å². The second kappa shape index (κ2) is 4.97. The van der Waals surface area contributed by atoms with Crippen molar-refractivity contribution in [1.29, 1.82) is 0 Å². The first-order valence-electron chi connectivity index (χ1n) is 6.25. The lowest BCUT2D eigenvalue weighted by Gasteiger charge is -2.07. The van der Waals surface area contributed by atoms with Gasteiger partial charge in [0.15, 0.2) is 11.3 Å². The number of hydrogen-bond donors (Lipinski definition) is 0. The summed E-state index contributed by atoms with van der Waals surface area (Å²) in [6, 6.07) is 3.97. The van der Waals surface area contributed by atoms with E-state index in [0.29, 0.717) is 0 Å². The van der Waals surface area contributed by atoms with Gasteiger partial charge < -0.3 is 4.40 Å². The lowest BCUT2D eigenvalue weighted by molar-refractivity contribution is -0.141. The normalized spacial score (nSPS) is 12.8. The first kappa shape index (κ1) is 15.3. The van der Waals surface area contributed by atoms with Gasteiger partial charge in [0.1, 0.15) is 5.69 Å². The van der Waals surface area contributed by atoms with Crippen LogP contribution in [0.1, 0.15) is 11.3 Å². The van der Waals surface area contributed by atoms with Crippen LogP contribution in [0.3, 0.4) is 0 Å². The van der Waals surface area contributed by atoms with Gasteiger partial charge in [-0.1, -0.05) is 12.1 Å². The molecule has 0 saturated heterocycles. The molecular formula is C14H7F6N3. The van der Waals surface area contributed by atoms with E-state index >= 15 is 0 Å². The predicted octanol–water partition coefficient (Wildman–Crippen LogP) is 4.43. The van der Waals surface area contributed by atoms with Gasteiger partial charge in [-0.05, 0) is 12.1 Å². The van der Waals surface area contributed by atoms with Crippen LogP contribution in [0.2, 0.25) is 0 Å². The van der Waals surface area contributed by atoms with Crippen molar-refractivity contribution in [3.05, 3.63) is 54.1 Å². The van der Waals surface area contributed by atoms with Crippen molar-refractivity contribution >= 4 is 5.65 Å². The summed E-state index contributed by atoms with van der Waals surface area (Å²) in [5.74, 6) is 0. The fourth-order valence-electron chi connectivity index (χ4n) is 2.08. The number of hydrogen-bond acceptors (Lipinski definition) is 2. The molecule has 0 aliphatic carbocycles. The Hall–Kier alpha value is -2.58. The Morgan fingerprint density at radius 2 is 1.52 bits per heavy atom. The van der Waals surface area contributed by atoms with Gasteiger partial charge in [0.05, 0.1) is 5.56 Å². The predicted molar refractivity (Wildman–Crippen MR) is 68.4 cm³/mol. The summed E-state index contributed by atoms with van der Waals surface area (Å²) in [6.45, 7) is 0. The minimum atomic E-state index is -4.62. The molecule has 0 atom stereocenters. The zero-order valence-corrected chi connectivity index (χ0v) is 11.2. The second-order valence-electron chi connectivity index (χ2n) is 4.71. The lowest BCUT2D eigenvalue weighted by Crippen LogP contribution is -2.04. The molecule has 3 aromatic rings. The summed E-state index contributed by atoms with van der Waals surface area (Å²) in [7, 11) is 0. The molecule has 0 aliphatic heterocycles. The van der Waals surface area contributed by atoms with Crippen LogP contribution in [0, 0.1) is 0 Å². The van der Waals surface area contributed by atoms with Crippen molar-refractivity contribution in [2.45, 2.75) is 12.4 Å². The van der Waals surface area contributed by atoms with Crippen molar-refractivity contribution in [3.63, 3.8) is 0 Å². The van der Waals surface area contributed by atoms with E-state index in [1.807, 2.05) is 0 Å². The third-order valence-corrected chi connectivity index (χ3v) is 3.15. The molecule has 2 heterocycles. The van der Waals surface area contributed by atoms with Crippen molar-refractivity contribution in [2.75, 3.05) is 0 Å². The van der Waals surface area contributed by atoms with Crippen LogP contribution in [0.4, 0.5) is 26.3 Å². The zero-order chi connectivity index (χ0) is 16.8.